The van der Waals surface area contributed by atoms with E-state index in [0.29, 0.717) is 16.0 Å². The van der Waals surface area contributed by atoms with E-state index in [0.717, 1.165) is 5.69 Å². The monoisotopic (exact) mass is 285 g/mol. The SMILES string of the molecule is Cc1cc(COc2ccc(F)cc2Br)on1. The first-order chi connectivity index (χ1) is 7.65. The summed E-state index contributed by atoms with van der Waals surface area (Å²) in [5.41, 5.74) is 0.803. The lowest BCUT2D eigenvalue weighted by molar-refractivity contribution is 0.247. The molecule has 0 atom stereocenters. The number of halogens is 2. The van der Waals surface area contributed by atoms with Crippen LogP contribution in [0.1, 0.15) is 11.5 Å². The molecule has 0 amide bonds. The molecule has 1 aromatic carbocycles. The molecule has 0 saturated heterocycles. The summed E-state index contributed by atoms with van der Waals surface area (Å²) in [6, 6.07) is 6.03. The number of benzene rings is 1. The molecule has 0 radical (unpaired) electrons. The van der Waals surface area contributed by atoms with Crippen LogP contribution in [0.3, 0.4) is 0 Å². The van der Waals surface area contributed by atoms with Crippen LogP contribution in [0, 0.1) is 12.7 Å². The first-order valence-electron chi connectivity index (χ1n) is 4.65. The van der Waals surface area contributed by atoms with Crippen LogP contribution in [0.5, 0.6) is 5.75 Å². The number of hydrogen-bond donors (Lipinski definition) is 0. The second-order valence-electron chi connectivity index (χ2n) is 3.30. The van der Waals surface area contributed by atoms with Crippen molar-refractivity contribution >= 4 is 15.9 Å². The van der Waals surface area contributed by atoms with Gasteiger partial charge in [-0.05, 0) is 41.1 Å². The average Bonchev–Trinajstić information content (AvgIpc) is 2.63. The molecule has 0 aliphatic heterocycles. The summed E-state index contributed by atoms with van der Waals surface area (Å²) in [6.45, 7) is 2.10. The molecular formula is C11H9BrFNO2. The molecule has 2 aromatic rings. The minimum absolute atomic E-state index is 0.269. The van der Waals surface area contributed by atoms with Crippen molar-refractivity contribution < 1.29 is 13.7 Å². The van der Waals surface area contributed by atoms with Crippen LogP contribution in [-0.4, -0.2) is 5.16 Å². The highest BCUT2D eigenvalue weighted by Crippen LogP contribution is 2.26. The largest absolute Gasteiger partial charge is 0.484 e. The fourth-order valence-electron chi connectivity index (χ4n) is 1.23. The van der Waals surface area contributed by atoms with E-state index in [4.69, 9.17) is 9.26 Å². The van der Waals surface area contributed by atoms with Crippen LogP contribution in [0.15, 0.2) is 33.3 Å². The second-order valence-corrected chi connectivity index (χ2v) is 4.15. The maximum atomic E-state index is 12.8. The number of ether oxygens (including phenoxy) is 1. The van der Waals surface area contributed by atoms with E-state index in [1.165, 1.54) is 12.1 Å². The van der Waals surface area contributed by atoms with Crippen molar-refractivity contribution in [2.75, 3.05) is 0 Å². The van der Waals surface area contributed by atoms with Gasteiger partial charge < -0.3 is 9.26 Å². The Labute approximate surface area is 100 Å². The molecule has 0 aliphatic carbocycles. The zero-order chi connectivity index (χ0) is 11.5. The molecule has 0 fully saturated rings. The normalized spacial score (nSPS) is 10.4. The molecule has 0 spiro atoms. The van der Waals surface area contributed by atoms with Gasteiger partial charge in [-0.3, -0.25) is 0 Å². The summed E-state index contributed by atoms with van der Waals surface area (Å²) in [5.74, 6) is 0.888. The summed E-state index contributed by atoms with van der Waals surface area (Å²) in [7, 11) is 0. The molecule has 0 N–H and O–H groups in total. The van der Waals surface area contributed by atoms with Gasteiger partial charge in [-0.15, -0.1) is 0 Å². The van der Waals surface area contributed by atoms with Gasteiger partial charge in [0.2, 0.25) is 0 Å². The second kappa shape index (κ2) is 4.65. The molecule has 0 saturated carbocycles. The van der Waals surface area contributed by atoms with Crippen LogP contribution >= 0.6 is 15.9 Å². The van der Waals surface area contributed by atoms with Crippen LogP contribution < -0.4 is 4.74 Å². The summed E-state index contributed by atoms with van der Waals surface area (Å²) in [4.78, 5) is 0. The van der Waals surface area contributed by atoms with Crippen molar-refractivity contribution in [2.24, 2.45) is 0 Å². The van der Waals surface area contributed by atoms with Crippen LogP contribution in [0.4, 0.5) is 4.39 Å². The van der Waals surface area contributed by atoms with Crippen molar-refractivity contribution in [1.29, 1.82) is 0 Å². The highest BCUT2D eigenvalue weighted by Gasteiger charge is 2.05. The van der Waals surface area contributed by atoms with Crippen LogP contribution in [0.25, 0.3) is 0 Å². The Morgan fingerprint density at radius 2 is 2.25 bits per heavy atom. The van der Waals surface area contributed by atoms with E-state index in [1.807, 2.05) is 6.92 Å². The van der Waals surface area contributed by atoms with Gasteiger partial charge in [0, 0.05) is 6.07 Å². The molecule has 5 heteroatoms. The van der Waals surface area contributed by atoms with Crippen molar-refractivity contribution in [2.45, 2.75) is 13.5 Å². The van der Waals surface area contributed by atoms with Gasteiger partial charge in [0.05, 0.1) is 10.2 Å². The summed E-state index contributed by atoms with van der Waals surface area (Å²) in [5, 5.41) is 3.74. The molecule has 2 rings (SSSR count). The maximum absolute atomic E-state index is 12.8. The lowest BCUT2D eigenvalue weighted by Crippen LogP contribution is -1.94. The van der Waals surface area contributed by atoms with Gasteiger partial charge in [-0.2, -0.15) is 0 Å². The smallest absolute Gasteiger partial charge is 0.174 e. The van der Waals surface area contributed by atoms with Crippen molar-refractivity contribution in [3.63, 3.8) is 0 Å². The van der Waals surface area contributed by atoms with Crippen LogP contribution in [-0.2, 0) is 6.61 Å². The topological polar surface area (TPSA) is 35.3 Å². The van der Waals surface area contributed by atoms with Crippen molar-refractivity contribution in [3.05, 3.63) is 46.0 Å². The lowest BCUT2D eigenvalue weighted by atomic mass is 10.3. The number of nitrogens with zero attached hydrogens (tertiary/aromatic N) is 1. The third kappa shape index (κ3) is 2.61. The van der Waals surface area contributed by atoms with E-state index in [2.05, 4.69) is 21.1 Å². The van der Waals surface area contributed by atoms with Crippen molar-refractivity contribution in [1.82, 2.24) is 5.16 Å². The molecule has 0 unspecified atom stereocenters. The zero-order valence-corrected chi connectivity index (χ0v) is 10.1. The maximum Gasteiger partial charge on any atom is 0.174 e. The first-order valence-corrected chi connectivity index (χ1v) is 5.44. The Bertz CT molecular complexity index is 498. The van der Waals surface area contributed by atoms with E-state index in [9.17, 15) is 4.39 Å². The number of rotatable bonds is 3. The molecule has 3 nitrogen and oxygen atoms in total. The molecule has 84 valence electrons. The Morgan fingerprint density at radius 1 is 1.44 bits per heavy atom. The predicted molar refractivity (Wildman–Crippen MR) is 59.7 cm³/mol. The van der Waals surface area contributed by atoms with E-state index in [1.54, 1.807) is 12.1 Å². The Morgan fingerprint density at radius 3 is 2.88 bits per heavy atom. The minimum atomic E-state index is -0.310. The predicted octanol–water partition coefficient (Wildman–Crippen LogP) is 3.46. The Kier molecular flexibility index (Phi) is 3.24. The molecule has 1 heterocycles. The number of aryl methyl sites for hydroxylation is 1. The summed E-state index contributed by atoms with van der Waals surface area (Å²) in [6.07, 6.45) is 0. The van der Waals surface area contributed by atoms with Gasteiger partial charge >= 0.3 is 0 Å². The highest BCUT2D eigenvalue weighted by molar-refractivity contribution is 9.10. The Balaban J connectivity index is 2.04. The molecule has 1 aromatic heterocycles. The van der Waals surface area contributed by atoms with E-state index >= 15 is 0 Å². The van der Waals surface area contributed by atoms with Gasteiger partial charge in [0.1, 0.15) is 18.2 Å². The lowest BCUT2D eigenvalue weighted by Gasteiger charge is -2.05. The Hall–Kier alpha value is -1.36. The highest BCUT2D eigenvalue weighted by atomic mass is 79.9. The van der Waals surface area contributed by atoms with Gasteiger partial charge in [-0.25, -0.2) is 4.39 Å². The number of hydrogen-bond acceptors (Lipinski definition) is 3. The molecule has 16 heavy (non-hydrogen) atoms. The molecule has 0 aliphatic rings. The van der Waals surface area contributed by atoms with E-state index < -0.39 is 0 Å². The summed E-state index contributed by atoms with van der Waals surface area (Å²) >= 11 is 3.21. The number of aromatic nitrogens is 1. The van der Waals surface area contributed by atoms with Crippen LogP contribution in [0.2, 0.25) is 0 Å². The summed E-state index contributed by atoms with van der Waals surface area (Å²) < 4.78 is 23.8. The molecule has 0 bridgehead atoms. The quantitative estimate of drug-likeness (QED) is 0.866. The molecular weight excluding hydrogens is 277 g/mol. The minimum Gasteiger partial charge on any atom is -0.484 e. The average molecular weight is 286 g/mol. The first kappa shape index (κ1) is 11.1. The third-order valence-corrected chi connectivity index (χ3v) is 2.56. The van der Waals surface area contributed by atoms with Gasteiger partial charge in [-0.1, -0.05) is 5.16 Å². The fraction of sp³-hybridized carbons (Fsp3) is 0.182. The van der Waals surface area contributed by atoms with E-state index in [-0.39, 0.29) is 12.4 Å². The van der Waals surface area contributed by atoms with Gasteiger partial charge in [0.15, 0.2) is 5.76 Å². The fourth-order valence-corrected chi connectivity index (χ4v) is 1.69. The zero-order valence-electron chi connectivity index (χ0n) is 8.54. The third-order valence-electron chi connectivity index (χ3n) is 1.94. The van der Waals surface area contributed by atoms with Gasteiger partial charge in [0.25, 0.3) is 0 Å². The van der Waals surface area contributed by atoms with Crippen molar-refractivity contribution in [3.8, 4) is 5.75 Å². The standard InChI is InChI=1S/C11H9BrFNO2/c1-7-4-9(16-14-7)6-15-11-3-2-8(13)5-10(11)12/h2-5H,6H2,1H3.